The summed E-state index contributed by atoms with van der Waals surface area (Å²) in [6, 6.07) is 11.2. The van der Waals surface area contributed by atoms with Gasteiger partial charge < -0.3 is 20.0 Å². The molecule has 5 rings (SSSR count). The maximum absolute atomic E-state index is 12.6. The molecular weight excluding hydrogens is 458 g/mol. The number of fused-ring (bicyclic) bond motifs is 1. The van der Waals surface area contributed by atoms with Gasteiger partial charge in [-0.25, -0.2) is 4.79 Å². The van der Waals surface area contributed by atoms with Gasteiger partial charge in [-0.15, -0.1) is 21.5 Å². The number of carbonyl (C=O) groups excluding carboxylic acids is 1. The van der Waals surface area contributed by atoms with Gasteiger partial charge in [0, 0.05) is 40.9 Å². The number of nitrogens with zero attached hydrogens (tertiary/aromatic N) is 3. The van der Waals surface area contributed by atoms with Crippen molar-refractivity contribution in [3.05, 3.63) is 64.2 Å². The fourth-order valence-electron chi connectivity index (χ4n) is 3.88. The van der Waals surface area contributed by atoms with Crippen LogP contribution in [0.4, 0.5) is 0 Å². The molecule has 0 unspecified atom stereocenters. The van der Waals surface area contributed by atoms with E-state index in [-0.39, 0.29) is 18.1 Å². The van der Waals surface area contributed by atoms with Gasteiger partial charge in [0.2, 0.25) is 5.91 Å². The SMILES string of the molecule is O=C(CSc1nnc(Cc2cccs2)n1C1CC1)N[C@@H](Cc1c[nH]c2ccccc12)C(=O)O. The average Bonchev–Trinajstić information content (AvgIpc) is 3.19. The maximum atomic E-state index is 12.6. The summed E-state index contributed by atoms with van der Waals surface area (Å²) >= 11 is 2.99. The fourth-order valence-corrected chi connectivity index (χ4v) is 5.42. The van der Waals surface area contributed by atoms with E-state index in [1.165, 1.54) is 16.6 Å². The lowest BCUT2D eigenvalue weighted by molar-refractivity contribution is -0.141. The number of benzene rings is 1. The van der Waals surface area contributed by atoms with Gasteiger partial charge >= 0.3 is 5.97 Å². The molecule has 1 saturated carbocycles. The van der Waals surface area contributed by atoms with Crippen molar-refractivity contribution in [3.8, 4) is 0 Å². The average molecular weight is 482 g/mol. The van der Waals surface area contributed by atoms with Crippen molar-refractivity contribution in [2.75, 3.05) is 5.75 Å². The third kappa shape index (κ3) is 4.96. The zero-order valence-corrected chi connectivity index (χ0v) is 19.4. The summed E-state index contributed by atoms with van der Waals surface area (Å²) in [7, 11) is 0. The molecule has 1 aliphatic carbocycles. The minimum atomic E-state index is -1.06. The topological polar surface area (TPSA) is 113 Å². The van der Waals surface area contributed by atoms with Crippen LogP contribution in [0, 0.1) is 0 Å². The number of para-hydroxylation sites is 1. The largest absolute Gasteiger partial charge is 0.480 e. The quantitative estimate of drug-likeness (QED) is 0.298. The highest BCUT2D eigenvalue weighted by molar-refractivity contribution is 7.99. The van der Waals surface area contributed by atoms with Gasteiger partial charge in [-0.05, 0) is 35.9 Å². The first-order valence-corrected chi connectivity index (χ1v) is 12.6. The number of carboxylic acids is 1. The fraction of sp³-hybridized carbons (Fsp3) is 0.304. The van der Waals surface area contributed by atoms with E-state index in [4.69, 9.17) is 0 Å². The smallest absolute Gasteiger partial charge is 0.326 e. The van der Waals surface area contributed by atoms with Crippen molar-refractivity contribution in [3.63, 3.8) is 0 Å². The molecule has 0 radical (unpaired) electrons. The zero-order valence-electron chi connectivity index (χ0n) is 17.7. The predicted molar refractivity (Wildman–Crippen MR) is 128 cm³/mol. The summed E-state index contributed by atoms with van der Waals surface area (Å²) in [6.07, 6.45) is 4.90. The second-order valence-corrected chi connectivity index (χ2v) is 10.0. The van der Waals surface area contributed by atoms with Crippen LogP contribution in [0.5, 0.6) is 0 Å². The number of carboxylic acid groups (broad SMARTS) is 1. The van der Waals surface area contributed by atoms with Gasteiger partial charge in [-0.2, -0.15) is 0 Å². The highest BCUT2D eigenvalue weighted by atomic mass is 32.2. The van der Waals surface area contributed by atoms with Gasteiger partial charge in [0.05, 0.1) is 5.75 Å². The van der Waals surface area contributed by atoms with E-state index in [0.717, 1.165) is 41.6 Å². The molecule has 3 N–H and O–H groups in total. The van der Waals surface area contributed by atoms with E-state index >= 15 is 0 Å². The Morgan fingerprint density at radius 3 is 2.85 bits per heavy atom. The molecule has 10 heteroatoms. The van der Waals surface area contributed by atoms with Crippen LogP contribution in [-0.4, -0.2) is 48.5 Å². The molecule has 33 heavy (non-hydrogen) atoms. The van der Waals surface area contributed by atoms with Crippen molar-refractivity contribution < 1.29 is 14.7 Å². The van der Waals surface area contributed by atoms with Crippen molar-refractivity contribution >= 4 is 45.9 Å². The number of nitrogens with one attached hydrogen (secondary N) is 2. The molecule has 0 bridgehead atoms. The monoisotopic (exact) mass is 481 g/mol. The van der Waals surface area contributed by atoms with Gasteiger partial charge in [-0.3, -0.25) is 4.79 Å². The van der Waals surface area contributed by atoms with Crippen molar-refractivity contribution in [2.45, 2.75) is 42.9 Å². The van der Waals surface area contributed by atoms with Crippen molar-refractivity contribution in [1.82, 2.24) is 25.1 Å². The summed E-state index contributed by atoms with van der Waals surface area (Å²) in [6.45, 7) is 0. The van der Waals surface area contributed by atoms with E-state index < -0.39 is 12.0 Å². The molecule has 1 fully saturated rings. The van der Waals surface area contributed by atoms with Crippen LogP contribution in [0.2, 0.25) is 0 Å². The van der Waals surface area contributed by atoms with E-state index in [2.05, 4.69) is 31.1 Å². The molecule has 1 amide bonds. The summed E-state index contributed by atoms with van der Waals surface area (Å²) in [4.78, 5) is 28.8. The number of carbonyl (C=O) groups is 2. The number of H-pyrrole nitrogens is 1. The van der Waals surface area contributed by atoms with Gasteiger partial charge in [0.1, 0.15) is 11.9 Å². The Morgan fingerprint density at radius 2 is 2.09 bits per heavy atom. The maximum Gasteiger partial charge on any atom is 0.326 e. The summed E-state index contributed by atoms with van der Waals surface area (Å²) in [5, 5.41) is 24.7. The first-order valence-electron chi connectivity index (χ1n) is 10.7. The van der Waals surface area contributed by atoms with Crippen molar-refractivity contribution in [2.24, 2.45) is 0 Å². The lowest BCUT2D eigenvalue weighted by Crippen LogP contribution is -2.43. The molecule has 3 aromatic heterocycles. The summed E-state index contributed by atoms with van der Waals surface area (Å²) < 4.78 is 2.14. The lowest BCUT2D eigenvalue weighted by Gasteiger charge is -2.14. The van der Waals surface area contributed by atoms with Crippen LogP contribution in [0.3, 0.4) is 0 Å². The summed E-state index contributed by atoms with van der Waals surface area (Å²) in [5.74, 6) is -0.400. The molecule has 8 nitrogen and oxygen atoms in total. The van der Waals surface area contributed by atoms with E-state index in [9.17, 15) is 14.7 Å². The molecule has 1 aromatic carbocycles. The highest BCUT2D eigenvalue weighted by Crippen LogP contribution is 2.39. The predicted octanol–water partition coefficient (Wildman–Crippen LogP) is 3.65. The molecular formula is C23H23N5O3S2. The van der Waals surface area contributed by atoms with Gasteiger partial charge in [0.15, 0.2) is 5.16 Å². The molecule has 0 aliphatic heterocycles. The Kier molecular flexibility index (Phi) is 6.19. The zero-order chi connectivity index (χ0) is 22.8. The lowest BCUT2D eigenvalue weighted by atomic mass is 10.1. The number of thioether (sulfide) groups is 1. The number of hydrogen-bond donors (Lipinski definition) is 3. The Labute approximate surface area is 198 Å². The van der Waals surface area contributed by atoms with Crippen LogP contribution in [-0.2, 0) is 22.4 Å². The first-order chi connectivity index (χ1) is 16.1. The van der Waals surface area contributed by atoms with Gasteiger partial charge in [0.25, 0.3) is 0 Å². The number of thiophene rings is 1. The summed E-state index contributed by atoms with van der Waals surface area (Å²) in [5.41, 5.74) is 1.80. The highest BCUT2D eigenvalue weighted by Gasteiger charge is 2.30. The normalized spacial score (nSPS) is 14.4. The number of aromatic amines is 1. The Morgan fingerprint density at radius 1 is 1.24 bits per heavy atom. The Bertz CT molecular complexity index is 1280. The van der Waals surface area contributed by atoms with E-state index in [0.29, 0.717) is 11.2 Å². The molecule has 0 spiro atoms. The molecule has 1 aliphatic rings. The molecule has 1 atom stereocenters. The first kappa shape index (κ1) is 21.7. The number of aliphatic carboxylic acids is 1. The Hall–Kier alpha value is -3.11. The van der Waals surface area contributed by atoms with Crippen LogP contribution in [0.25, 0.3) is 10.9 Å². The van der Waals surface area contributed by atoms with Crippen LogP contribution in [0.15, 0.2) is 53.1 Å². The number of amides is 1. The minimum Gasteiger partial charge on any atom is -0.480 e. The van der Waals surface area contributed by atoms with Crippen LogP contribution >= 0.6 is 23.1 Å². The van der Waals surface area contributed by atoms with Crippen LogP contribution < -0.4 is 5.32 Å². The number of aromatic nitrogens is 4. The molecule has 170 valence electrons. The van der Waals surface area contributed by atoms with E-state index in [1.54, 1.807) is 17.5 Å². The third-order valence-electron chi connectivity index (χ3n) is 5.62. The van der Waals surface area contributed by atoms with Gasteiger partial charge in [-0.1, -0.05) is 36.0 Å². The minimum absolute atomic E-state index is 0.0848. The second-order valence-electron chi connectivity index (χ2n) is 8.07. The van der Waals surface area contributed by atoms with E-state index in [1.807, 2.05) is 35.7 Å². The third-order valence-corrected chi connectivity index (χ3v) is 7.44. The molecule has 0 saturated heterocycles. The van der Waals surface area contributed by atoms with Crippen LogP contribution in [0.1, 0.15) is 35.1 Å². The molecule has 4 aromatic rings. The van der Waals surface area contributed by atoms with Crippen molar-refractivity contribution in [1.29, 1.82) is 0 Å². The standard InChI is InChI=1S/C23H23N5O3S2/c29-21(25-19(22(30)31)10-14-12-24-18-6-2-1-5-17(14)18)13-33-23-27-26-20(28(23)15-7-8-15)11-16-4-3-9-32-16/h1-6,9,12,15,19,24H,7-8,10-11,13H2,(H,25,29)(H,30,31)/t19-/m0/s1. The second kappa shape index (κ2) is 9.40. The number of hydrogen-bond acceptors (Lipinski definition) is 6. The number of rotatable bonds is 10. The molecule has 3 heterocycles. The Balaban J connectivity index is 1.23.